The van der Waals surface area contributed by atoms with Crippen molar-refractivity contribution >= 4 is 11.5 Å². The van der Waals surface area contributed by atoms with Crippen LogP contribution in [0.15, 0.2) is 12.1 Å². The van der Waals surface area contributed by atoms with Gasteiger partial charge in [-0.15, -0.1) is 15.3 Å². The zero-order valence-corrected chi connectivity index (χ0v) is 12.9. The number of ether oxygens (including phenoxy) is 1. The summed E-state index contributed by atoms with van der Waals surface area (Å²) in [6, 6.07) is 3.99. The van der Waals surface area contributed by atoms with Gasteiger partial charge in [0.25, 0.3) is 0 Å². The predicted molar refractivity (Wildman–Crippen MR) is 80.7 cm³/mol. The van der Waals surface area contributed by atoms with Crippen LogP contribution in [0.1, 0.15) is 12.7 Å². The molecule has 1 aliphatic rings. The number of fused-ring (bicyclic) bond motifs is 1. The van der Waals surface area contributed by atoms with Gasteiger partial charge in [-0.05, 0) is 26.2 Å². The summed E-state index contributed by atoms with van der Waals surface area (Å²) in [5.41, 5.74) is 0.800. The first kappa shape index (κ1) is 14.2. The lowest BCUT2D eigenvalue weighted by molar-refractivity contribution is 0.0245. The second kappa shape index (κ2) is 5.95. The monoisotopic (exact) mass is 290 g/mol. The Bertz CT molecular complexity index is 611. The van der Waals surface area contributed by atoms with Crippen molar-refractivity contribution in [3.05, 3.63) is 18.0 Å². The molecule has 0 aliphatic carbocycles. The summed E-state index contributed by atoms with van der Waals surface area (Å²) in [5.74, 6) is 1.86. The molecule has 3 heterocycles. The minimum absolute atomic E-state index is 0.220. The zero-order chi connectivity index (χ0) is 14.8. The summed E-state index contributed by atoms with van der Waals surface area (Å²) in [6.45, 7) is 5.45. The molecular formula is C14H22N6O. The van der Waals surface area contributed by atoms with E-state index in [-0.39, 0.29) is 6.10 Å². The van der Waals surface area contributed by atoms with Crippen LogP contribution in [-0.4, -0.2) is 71.2 Å². The van der Waals surface area contributed by atoms with Gasteiger partial charge in [-0.2, -0.15) is 4.52 Å². The SMILES string of the molecule is CCc1nnc2ccc(N3CCOC(CN(C)C)C3)nn12. The van der Waals surface area contributed by atoms with Gasteiger partial charge >= 0.3 is 0 Å². The summed E-state index contributed by atoms with van der Waals surface area (Å²) in [5, 5.41) is 13.0. The quantitative estimate of drug-likeness (QED) is 0.815. The van der Waals surface area contributed by atoms with Crippen molar-refractivity contribution in [3.63, 3.8) is 0 Å². The average molecular weight is 290 g/mol. The number of hydrogen-bond acceptors (Lipinski definition) is 6. The smallest absolute Gasteiger partial charge is 0.178 e. The van der Waals surface area contributed by atoms with E-state index in [2.05, 4.69) is 41.0 Å². The lowest BCUT2D eigenvalue weighted by atomic mass is 10.2. The minimum Gasteiger partial charge on any atom is -0.373 e. The largest absolute Gasteiger partial charge is 0.373 e. The van der Waals surface area contributed by atoms with Crippen molar-refractivity contribution in [2.45, 2.75) is 19.4 Å². The van der Waals surface area contributed by atoms with Crippen LogP contribution in [0.3, 0.4) is 0 Å². The number of aromatic nitrogens is 4. The van der Waals surface area contributed by atoms with Gasteiger partial charge in [0.15, 0.2) is 11.5 Å². The molecule has 7 heteroatoms. The highest BCUT2D eigenvalue weighted by atomic mass is 16.5. The number of nitrogens with zero attached hydrogens (tertiary/aromatic N) is 6. The minimum atomic E-state index is 0.220. The second-order valence-corrected chi connectivity index (χ2v) is 5.63. The van der Waals surface area contributed by atoms with Gasteiger partial charge in [-0.25, -0.2) is 0 Å². The fraction of sp³-hybridized carbons (Fsp3) is 0.643. The highest BCUT2D eigenvalue weighted by Gasteiger charge is 2.22. The summed E-state index contributed by atoms with van der Waals surface area (Å²) in [4.78, 5) is 4.43. The zero-order valence-electron chi connectivity index (χ0n) is 12.9. The van der Waals surface area contributed by atoms with Gasteiger partial charge < -0.3 is 14.5 Å². The van der Waals surface area contributed by atoms with E-state index in [4.69, 9.17) is 9.84 Å². The summed E-state index contributed by atoms with van der Waals surface area (Å²) >= 11 is 0. The molecule has 1 atom stereocenters. The van der Waals surface area contributed by atoms with Crippen LogP contribution in [0.2, 0.25) is 0 Å². The predicted octanol–water partition coefficient (Wildman–Crippen LogP) is 0.454. The Kier molecular flexibility index (Phi) is 4.03. The molecule has 1 saturated heterocycles. The third kappa shape index (κ3) is 2.98. The number of morpholine rings is 1. The maximum atomic E-state index is 5.82. The van der Waals surface area contributed by atoms with Gasteiger partial charge in [0, 0.05) is 26.1 Å². The molecular weight excluding hydrogens is 268 g/mol. The molecule has 0 spiro atoms. The van der Waals surface area contributed by atoms with E-state index in [1.54, 1.807) is 0 Å². The topological polar surface area (TPSA) is 58.8 Å². The third-order valence-electron chi connectivity index (χ3n) is 3.66. The highest BCUT2D eigenvalue weighted by Crippen LogP contribution is 2.16. The molecule has 0 radical (unpaired) electrons. The molecule has 3 rings (SSSR count). The molecule has 0 bridgehead atoms. The van der Waals surface area contributed by atoms with Gasteiger partial charge in [0.2, 0.25) is 0 Å². The van der Waals surface area contributed by atoms with Crippen LogP contribution in [-0.2, 0) is 11.2 Å². The van der Waals surface area contributed by atoms with Gasteiger partial charge in [-0.1, -0.05) is 6.92 Å². The van der Waals surface area contributed by atoms with E-state index < -0.39 is 0 Å². The standard InChI is InChI=1S/C14H22N6O/c1-4-12-15-16-13-5-6-14(17-20(12)13)19-7-8-21-11(10-19)9-18(2)3/h5-6,11H,4,7-10H2,1-3H3. The molecule has 21 heavy (non-hydrogen) atoms. The Labute approximate surface area is 124 Å². The highest BCUT2D eigenvalue weighted by molar-refractivity contribution is 5.46. The van der Waals surface area contributed by atoms with Gasteiger partial charge in [0.1, 0.15) is 5.82 Å². The Balaban J connectivity index is 1.82. The van der Waals surface area contributed by atoms with Gasteiger partial charge in [-0.3, -0.25) is 0 Å². The Hall–Kier alpha value is -1.73. The number of anilines is 1. The van der Waals surface area contributed by atoms with E-state index in [1.807, 2.05) is 16.6 Å². The number of aryl methyl sites for hydroxylation is 1. The molecule has 1 fully saturated rings. The van der Waals surface area contributed by atoms with Crippen molar-refractivity contribution in [1.29, 1.82) is 0 Å². The van der Waals surface area contributed by atoms with Crippen LogP contribution in [0.5, 0.6) is 0 Å². The molecule has 0 aromatic carbocycles. The first-order chi connectivity index (χ1) is 10.2. The van der Waals surface area contributed by atoms with E-state index in [9.17, 15) is 0 Å². The molecule has 2 aromatic heterocycles. The van der Waals surface area contributed by atoms with E-state index in [0.29, 0.717) is 0 Å². The Morgan fingerprint density at radius 3 is 2.95 bits per heavy atom. The van der Waals surface area contributed by atoms with E-state index in [1.165, 1.54) is 0 Å². The van der Waals surface area contributed by atoms with Crippen molar-refractivity contribution in [3.8, 4) is 0 Å². The number of likely N-dealkylation sites (N-methyl/N-ethyl adjacent to an activating group) is 1. The number of rotatable bonds is 4. The van der Waals surface area contributed by atoms with Crippen molar-refractivity contribution in [2.24, 2.45) is 0 Å². The average Bonchev–Trinajstić information content (AvgIpc) is 2.89. The van der Waals surface area contributed by atoms with Crippen molar-refractivity contribution in [2.75, 3.05) is 45.2 Å². The van der Waals surface area contributed by atoms with E-state index >= 15 is 0 Å². The van der Waals surface area contributed by atoms with Crippen LogP contribution >= 0.6 is 0 Å². The van der Waals surface area contributed by atoms with Crippen LogP contribution in [0.4, 0.5) is 5.82 Å². The lowest BCUT2D eigenvalue weighted by Crippen LogP contribution is -2.46. The molecule has 0 N–H and O–H groups in total. The Morgan fingerprint density at radius 2 is 2.19 bits per heavy atom. The maximum absolute atomic E-state index is 5.82. The fourth-order valence-corrected chi connectivity index (χ4v) is 2.66. The maximum Gasteiger partial charge on any atom is 0.178 e. The molecule has 0 saturated carbocycles. The normalized spacial score (nSPS) is 19.6. The molecule has 0 amide bonds. The lowest BCUT2D eigenvalue weighted by Gasteiger charge is -2.34. The molecule has 114 valence electrons. The third-order valence-corrected chi connectivity index (χ3v) is 3.66. The summed E-state index contributed by atoms with van der Waals surface area (Å²) < 4.78 is 7.65. The Morgan fingerprint density at radius 1 is 1.33 bits per heavy atom. The summed E-state index contributed by atoms with van der Waals surface area (Å²) in [7, 11) is 4.13. The van der Waals surface area contributed by atoms with Crippen molar-refractivity contribution in [1.82, 2.24) is 24.7 Å². The fourth-order valence-electron chi connectivity index (χ4n) is 2.66. The molecule has 2 aromatic rings. The molecule has 1 unspecified atom stereocenters. The first-order valence-electron chi connectivity index (χ1n) is 7.40. The van der Waals surface area contributed by atoms with Gasteiger partial charge in [0.05, 0.1) is 12.7 Å². The molecule has 1 aliphatic heterocycles. The van der Waals surface area contributed by atoms with E-state index in [0.717, 1.165) is 50.0 Å². The van der Waals surface area contributed by atoms with Crippen LogP contribution in [0, 0.1) is 0 Å². The first-order valence-corrected chi connectivity index (χ1v) is 7.40. The second-order valence-electron chi connectivity index (χ2n) is 5.63. The van der Waals surface area contributed by atoms with Crippen molar-refractivity contribution < 1.29 is 4.74 Å². The summed E-state index contributed by atoms with van der Waals surface area (Å²) in [6.07, 6.45) is 1.04. The number of hydrogen-bond donors (Lipinski definition) is 0. The van der Waals surface area contributed by atoms with Crippen LogP contribution < -0.4 is 4.90 Å². The van der Waals surface area contributed by atoms with Crippen LogP contribution in [0.25, 0.3) is 5.65 Å². The molecule has 7 nitrogen and oxygen atoms in total.